The van der Waals surface area contributed by atoms with Gasteiger partial charge in [0.25, 0.3) is 0 Å². The maximum Gasteiger partial charge on any atom is 0.246 e. The number of pyridine rings is 1. The van der Waals surface area contributed by atoms with Gasteiger partial charge in [-0.1, -0.05) is 28.4 Å². The van der Waals surface area contributed by atoms with Crippen molar-refractivity contribution in [2.45, 2.75) is 26.4 Å². The SMILES string of the molecule is CC(C)(C)O/N=C(/c1cc(Cl)c(Cl)cc1O)c1cccc[n+]1[O-]. The van der Waals surface area contributed by atoms with Crippen LogP contribution in [-0.4, -0.2) is 16.4 Å². The molecule has 5 nitrogen and oxygen atoms in total. The van der Waals surface area contributed by atoms with E-state index >= 15 is 0 Å². The lowest BCUT2D eigenvalue weighted by atomic mass is 10.1. The van der Waals surface area contributed by atoms with Crippen molar-refractivity contribution in [2.75, 3.05) is 0 Å². The van der Waals surface area contributed by atoms with Gasteiger partial charge in [-0.15, -0.1) is 0 Å². The fourth-order valence-electron chi connectivity index (χ4n) is 1.75. The Bertz CT molecular complexity index is 755. The zero-order valence-corrected chi connectivity index (χ0v) is 14.4. The Morgan fingerprint density at radius 3 is 2.48 bits per heavy atom. The number of oxime groups is 1. The van der Waals surface area contributed by atoms with Crippen LogP contribution in [0.5, 0.6) is 5.75 Å². The van der Waals surface area contributed by atoms with Crippen LogP contribution >= 0.6 is 23.2 Å². The van der Waals surface area contributed by atoms with Gasteiger partial charge in [0.2, 0.25) is 5.69 Å². The van der Waals surface area contributed by atoms with Crippen molar-refractivity contribution >= 4 is 28.9 Å². The summed E-state index contributed by atoms with van der Waals surface area (Å²) in [7, 11) is 0. The minimum Gasteiger partial charge on any atom is -0.618 e. The average Bonchev–Trinajstić information content (AvgIpc) is 2.45. The van der Waals surface area contributed by atoms with Crippen LogP contribution in [0.4, 0.5) is 0 Å². The first-order valence-electron chi connectivity index (χ1n) is 6.82. The number of hydrogen-bond donors (Lipinski definition) is 1. The molecule has 1 heterocycles. The fourth-order valence-corrected chi connectivity index (χ4v) is 2.08. The van der Waals surface area contributed by atoms with Crippen molar-refractivity contribution in [1.29, 1.82) is 0 Å². The summed E-state index contributed by atoms with van der Waals surface area (Å²) >= 11 is 11.9. The Kier molecular flexibility index (Phi) is 5.02. The van der Waals surface area contributed by atoms with Crippen molar-refractivity contribution in [3.63, 3.8) is 0 Å². The summed E-state index contributed by atoms with van der Waals surface area (Å²) in [6.07, 6.45) is 1.33. The number of halogens is 2. The van der Waals surface area contributed by atoms with E-state index in [0.29, 0.717) is 4.73 Å². The van der Waals surface area contributed by atoms with Gasteiger partial charge in [-0.05, 0) is 32.9 Å². The van der Waals surface area contributed by atoms with Crippen LogP contribution in [0.3, 0.4) is 0 Å². The molecule has 0 radical (unpaired) electrons. The predicted molar refractivity (Wildman–Crippen MR) is 90.0 cm³/mol. The second kappa shape index (κ2) is 6.64. The minimum atomic E-state index is -0.570. The highest BCUT2D eigenvalue weighted by Gasteiger charge is 2.23. The molecule has 0 unspecified atom stereocenters. The number of nitrogens with zero attached hydrogens (tertiary/aromatic N) is 2. The van der Waals surface area contributed by atoms with Crippen LogP contribution in [0.15, 0.2) is 41.7 Å². The molecular formula is C16H16Cl2N2O3. The summed E-state index contributed by atoms with van der Waals surface area (Å²) in [4.78, 5) is 5.43. The highest BCUT2D eigenvalue weighted by atomic mass is 35.5. The highest BCUT2D eigenvalue weighted by molar-refractivity contribution is 6.42. The van der Waals surface area contributed by atoms with Crippen molar-refractivity contribution in [3.05, 3.63) is 63.0 Å². The number of aromatic nitrogens is 1. The normalized spacial score (nSPS) is 12.3. The van der Waals surface area contributed by atoms with Crippen LogP contribution in [0, 0.1) is 5.21 Å². The molecule has 1 aromatic heterocycles. The molecule has 0 saturated heterocycles. The van der Waals surface area contributed by atoms with E-state index in [1.165, 1.54) is 18.3 Å². The lowest BCUT2D eigenvalue weighted by Crippen LogP contribution is -2.34. The summed E-state index contributed by atoms with van der Waals surface area (Å²) in [6, 6.07) is 7.58. The molecule has 2 aromatic rings. The molecule has 1 aromatic carbocycles. The topological polar surface area (TPSA) is 68.8 Å². The highest BCUT2D eigenvalue weighted by Crippen LogP contribution is 2.31. The number of phenolic OH excluding ortho intramolecular Hbond substituents is 1. The maximum atomic E-state index is 12.1. The number of phenols is 1. The van der Waals surface area contributed by atoms with Crippen LogP contribution in [0.2, 0.25) is 10.0 Å². The molecule has 0 spiro atoms. The fraction of sp³-hybridized carbons (Fsp3) is 0.250. The molecule has 23 heavy (non-hydrogen) atoms. The maximum absolute atomic E-state index is 12.1. The Labute approximate surface area is 144 Å². The lowest BCUT2D eigenvalue weighted by molar-refractivity contribution is -0.606. The molecule has 7 heteroatoms. The van der Waals surface area contributed by atoms with E-state index in [1.807, 2.05) is 20.8 Å². The molecule has 0 amide bonds. The summed E-state index contributed by atoms with van der Waals surface area (Å²) in [5, 5.41) is 26.7. The molecule has 0 bridgehead atoms. The van der Waals surface area contributed by atoms with Gasteiger partial charge >= 0.3 is 0 Å². The van der Waals surface area contributed by atoms with Crippen LogP contribution in [0.25, 0.3) is 0 Å². The number of rotatable bonds is 3. The number of benzene rings is 1. The van der Waals surface area contributed by atoms with Crippen molar-refractivity contribution in [3.8, 4) is 5.75 Å². The largest absolute Gasteiger partial charge is 0.618 e. The molecular weight excluding hydrogens is 339 g/mol. The summed E-state index contributed by atoms with van der Waals surface area (Å²) < 4.78 is 0.632. The van der Waals surface area contributed by atoms with E-state index in [2.05, 4.69) is 5.16 Å². The quantitative estimate of drug-likeness (QED) is 0.393. The van der Waals surface area contributed by atoms with Gasteiger partial charge in [-0.25, -0.2) is 0 Å². The molecule has 0 atom stereocenters. The molecule has 0 aliphatic rings. The second-order valence-electron chi connectivity index (χ2n) is 5.84. The molecule has 122 valence electrons. The third-order valence-electron chi connectivity index (χ3n) is 2.77. The van der Waals surface area contributed by atoms with Gasteiger partial charge in [-0.3, -0.25) is 0 Å². The van der Waals surface area contributed by atoms with E-state index in [0.717, 1.165) is 0 Å². The van der Waals surface area contributed by atoms with Gasteiger partial charge < -0.3 is 15.2 Å². The molecule has 0 saturated carbocycles. The van der Waals surface area contributed by atoms with Crippen LogP contribution in [0.1, 0.15) is 32.0 Å². The van der Waals surface area contributed by atoms with Crippen molar-refractivity contribution < 1.29 is 14.7 Å². The lowest BCUT2D eigenvalue weighted by Gasteiger charge is -2.17. The predicted octanol–water partition coefficient (Wildman–Crippen LogP) is 3.90. The van der Waals surface area contributed by atoms with Gasteiger partial charge in [0.05, 0.1) is 15.6 Å². The molecule has 0 aliphatic carbocycles. The molecule has 0 fully saturated rings. The zero-order valence-electron chi connectivity index (χ0n) is 12.9. The van der Waals surface area contributed by atoms with E-state index in [4.69, 9.17) is 28.0 Å². The minimum absolute atomic E-state index is 0.153. The summed E-state index contributed by atoms with van der Waals surface area (Å²) in [5.74, 6) is -0.153. The second-order valence-corrected chi connectivity index (χ2v) is 6.65. The Morgan fingerprint density at radius 1 is 1.22 bits per heavy atom. The number of aromatic hydroxyl groups is 1. The third-order valence-corrected chi connectivity index (χ3v) is 3.49. The van der Waals surface area contributed by atoms with E-state index in [1.54, 1.807) is 18.2 Å². The van der Waals surface area contributed by atoms with Crippen molar-refractivity contribution in [1.82, 2.24) is 0 Å². The summed E-state index contributed by atoms with van der Waals surface area (Å²) in [6.45, 7) is 5.46. The van der Waals surface area contributed by atoms with Gasteiger partial charge in [-0.2, -0.15) is 4.73 Å². The van der Waals surface area contributed by atoms with Crippen LogP contribution < -0.4 is 4.73 Å². The summed E-state index contributed by atoms with van der Waals surface area (Å²) in [5.41, 5.74) is 0.0519. The Morgan fingerprint density at radius 2 is 1.87 bits per heavy atom. The molecule has 0 aliphatic heterocycles. The Balaban J connectivity index is 2.64. The number of hydrogen-bond acceptors (Lipinski definition) is 4. The van der Waals surface area contributed by atoms with E-state index in [-0.39, 0.29) is 32.8 Å². The first-order chi connectivity index (χ1) is 10.7. The Hall–Kier alpha value is -1.98. The molecule has 2 rings (SSSR count). The van der Waals surface area contributed by atoms with Gasteiger partial charge in [0, 0.05) is 18.2 Å². The van der Waals surface area contributed by atoms with E-state index in [9.17, 15) is 10.3 Å². The zero-order chi connectivity index (χ0) is 17.2. The monoisotopic (exact) mass is 354 g/mol. The molecule has 1 N–H and O–H groups in total. The first kappa shape index (κ1) is 17.4. The third kappa shape index (κ3) is 4.27. The van der Waals surface area contributed by atoms with Crippen molar-refractivity contribution in [2.24, 2.45) is 5.16 Å². The van der Waals surface area contributed by atoms with Crippen LogP contribution in [-0.2, 0) is 4.84 Å². The van der Waals surface area contributed by atoms with E-state index < -0.39 is 5.60 Å². The first-order valence-corrected chi connectivity index (χ1v) is 7.58. The van der Waals surface area contributed by atoms with Gasteiger partial charge in [0.15, 0.2) is 11.9 Å². The average molecular weight is 355 g/mol. The standard InChI is InChI=1S/C16H16Cl2N2O3/c1-16(2,3)23-19-15(13-6-4-5-7-20(13)22)10-8-11(17)12(18)9-14(10)21/h4-9,21H,1-3H3/b19-15-. The van der Waals surface area contributed by atoms with Gasteiger partial charge in [0.1, 0.15) is 11.4 Å². The smallest absolute Gasteiger partial charge is 0.246 e.